The molecule has 3 N–H and O–H groups in total. The number of amides is 1. The number of nitrogens with one attached hydrogen (secondary N) is 2. The van der Waals surface area contributed by atoms with Crippen LogP contribution in [0.25, 0.3) is 0 Å². The van der Waals surface area contributed by atoms with Crippen molar-refractivity contribution in [2.24, 2.45) is 0 Å². The van der Waals surface area contributed by atoms with Gasteiger partial charge in [-0.25, -0.2) is 4.79 Å². The smallest absolute Gasteiger partial charge is 0.409 e. The Morgan fingerprint density at radius 1 is 1.26 bits per heavy atom. The van der Waals surface area contributed by atoms with Gasteiger partial charge in [-0.15, -0.1) is 11.3 Å². The van der Waals surface area contributed by atoms with Gasteiger partial charge in [-0.1, -0.05) is 0 Å². The van der Waals surface area contributed by atoms with Gasteiger partial charge in [-0.2, -0.15) is 0 Å². The van der Waals surface area contributed by atoms with Crippen molar-refractivity contribution in [3.05, 3.63) is 43.5 Å². The predicted molar refractivity (Wildman–Crippen MR) is 85.1 cm³/mol. The minimum Gasteiger partial charge on any atom is -0.465 e. The van der Waals surface area contributed by atoms with E-state index in [1.54, 1.807) is 17.4 Å². The molecular formula is C12H10Br2N2O2S. The maximum atomic E-state index is 10.6. The summed E-state index contributed by atoms with van der Waals surface area (Å²) >= 11 is 8.43. The van der Waals surface area contributed by atoms with Crippen LogP contribution in [0.4, 0.5) is 16.2 Å². The third-order valence-electron chi connectivity index (χ3n) is 2.31. The maximum absolute atomic E-state index is 10.6. The fourth-order valence-electron chi connectivity index (χ4n) is 1.48. The number of hydrogen-bond donors (Lipinski definition) is 3. The van der Waals surface area contributed by atoms with Gasteiger partial charge >= 0.3 is 6.09 Å². The molecule has 1 aromatic carbocycles. The number of halogens is 2. The number of carboxylic acid groups (broad SMARTS) is 1. The van der Waals surface area contributed by atoms with Crippen LogP contribution in [0.1, 0.15) is 4.88 Å². The third-order valence-corrected chi connectivity index (χ3v) is 4.59. The summed E-state index contributed by atoms with van der Waals surface area (Å²) in [4.78, 5) is 11.8. The Morgan fingerprint density at radius 2 is 2.05 bits per heavy atom. The Hall–Kier alpha value is -1.05. The van der Waals surface area contributed by atoms with Gasteiger partial charge in [0.25, 0.3) is 0 Å². The van der Waals surface area contributed by atoms with Gasteiger partial charge < -0.3 is 10.4 Å². The van der Waals surface area contributed by atoms with Crippen LogP contribution in [0, 0.1) is 0 Å². The molecule has 4 nitrogen and oxygen atoms in total. The van der Waals surface area contributed by atoms with Crippen LogP contribution in [0.2, 0.25) is 0 Å². The zero-order valence-corrected chi connectivity index (χ0v) is 13.6. The van der Waals surface area contributed by atoms with Crippen molar-refractivity contribution in [1.82, 2.24) is 0 Å². The highest BCUT2D eigenvalue weighted by Gasteiger charge is 2.04. The first-order valence-corrected chi connectivity index (χ1v) is 7.72. The molecule has 1 heterocycles. The fourth-order valence-corrected chi connectivity index (χ4v) is 3.38. The minimum absolute atomic E-state index is 0.525. The Balaban J connectivity index is 2.01. The highest BCUT2D eigenvalue weighted by Crippen LogP contribution is 2.27. The molecule has 0 aliphatic heterocycles. The zero-order chi connectivity index (χ0) is 13.8. The van der Waals surface area contributed by atoms with Crippen molar-refractivity contribution in [1.29, 1.82) is 0 Å². The molecule has 100 valence electrons. The van der Waals surface area contributed by atoms with Crippen LogP contribution < -0.4 is 10.6 Å². The van der Waals surface area contributed by atoms with E-state index >= 15 is 0 Å². The second kappa shape index (κ2) is 6.40. The molecule has 7 heteroatoms. The molecule has 2 rings (SSSR count). The molecule has 0 saturated heterocycles. The molecule has 0 unspecified atom stereocenters. The molecule has 0 bridgehead atoms. The quantitative estimate of drug-likeness (QED) is 0.672. The van der Waals surface area contributed by atoms with E-state index in [0.717, 1.165) is 16.0 Å². The zero-order valence-electron chi connectivity index (χ0n) is 9.61. The van der Waals surface area contributed by atoms with Gasteiger partial charge in [0.1, 0.15) is 0 Å². The van der Waals surface area contributed by atoms with Crippen LogP contribution in [0.5, 0.6) is 0 Å². The van der Waals surface area contributed by atoms with Gasteiger partial charge in [-0.05, 0) is 62.2 Å². The van der Waals surface area contributed by atoms with Gasteiger partial charge in [0, 0.05) is 21.6 Å². The normalized spacial score (nSPS) is 10.2. The van der Waals surface area contributed by atoms with Crippen molar-refractivity contribution in [2.45, 2.75) is 6.54 Å². The summed E-state index contributed by atoms with van der Waals surface area (Å²) in [5.41, 5.74) is 1.45. The maximum Gasteiger partial charge on any atom is 0.409 e. The second-order valence-electron chi connectivity index (χ2n) is 3.68. The van der Waals surface area contributed by atoms with Crippen LogP contribution in [0.3, 0.4) is 0 Å². The van der Waals surface area contributed by atoms with Gasteiger partial charge in [0.15, 0.2) is 0 Å². The van der Waals surface area contributed by atoms with Gasteiger partial charge in [0.05, 0.1) is 9.47 Å². The molecule has 0 spiro atoms. The number of carbonyl (C=O) groups is 1. The molecule has 19 heavy (non-hydrogen) atoms. The van der Waals surface area contributed by atoms with Gasteiger partial charge in [-0.3, -0.25) is 5.32 Å². The van der Waals surface area contributed by atoms with E-state index in [-0.39, 0.29) is 0 Å². The number of benzene rings is 1. The van der Waals surface area contributed by atoms with E-state index in [9.17, 15) is 4.79 Å². The highest BCUT2D eigenvalue weighted by molar-refractivity contribution is 9.11. The Bertz CT molecular complexity index is 601. The van der Waals surface area contributed by atoms with E-state index in [1.807, 2.05) is 18.2 Å². The lowest BCUT2D eigenvalue weighted by Crippen LogP contribution is -2.08. The molecule has 0 fully saturated rings. The van der Waals surface area contributed by atoms with Crippen molar-refractivity contribution < 1.29 is 9.90 Å². The number of anilines is 2. The molecule has 0 aliphatic carbocycles. The van der Waals surface area contributed by atoms with E-state index < -0.39 is 6.09 Å². The summed E-state index contributed by atoms with van der Waals surface area (Å²) in [5.74, 6) is 0. The summed E-state index contributed by atoms with van der Waals surface area (Å²) in [5, 5.41) is 14.3. The van der Waals surface area contributed by atoms with E-state index in [1.165, 1.54) is 4.88 Å². The van der Waals surface area contributed by atoms with E-state index in [4.69, 9.17) is 5.11 Å². The Kier molecular flexibility index (Phi) is 4.84. The average Bonchev–Trinajstić information content (AvgIpc) is 2.75. The average molecular weight is 406 g/mol. The third kappa shape index (κ3) is 4.22. The molecule has 0 radical (unpaired) electrons. The SMILES string of the molecule is O=C(O)Nc1ccc(NCc2ccc(Br)s2)cc1Br. The lowest BCUT2D eigenvalue weighted by atomic mass is 10.2. The molecule has 0 atom stereocenters. The Labute approximate surface area is 131 Å². The van der Waals surface area contributed by atoms with Crippen LogP contribution in [-0.4, -0.2) is 11.2 Å². The summed E-state index contributed by atoms with van der Waals surface area (Å²) in [7, 11) is 0. The first-order chi connectivity index (χ1) is 9.04. The first kappa shape index (κ1) is 14.4. The number of hydrogen-bond acceptors (Lipinski definition) is 3. The molecule has 2 aromatic rings. The topological polar surface area (TPSA) is 61.4 Å². The van der Waals surface area contributed by atoms with Crippen molar-refractivity contribution in [3.8, 4) is 0 Å². The monoisotopic (exact) mass is 404 g/mol. The lowest BCUT2D eigenvalue weighted by Gasteiger charge is -2.08. The van der Waals surface area contributed by atoms with Crippen molar-refractivity contribution in [2.75, 3.05) is 10.6 Å². The van der Waals surface area contributed by atoms with Crippen LogP contribution in [0.15, 0.2) is 38.6 Å². The lowest BCUT2D eigenvalue weighted by molar-refractivity contribution is 0.209. The van der Waals surface area contributed by atoms with E-state index in [2.05, 4.69) is 48.6 Å². The number of rotatable bonds is 4. The highest BCUT2D eigenvalue weighted by atomic mass is 79.9. The predicted octanol–water partition coefficient (Wildman–Crippen LogP) is 4.98. The molecule has 0 saturated carbocycles. The molecular weight excluding hydrogens is 396 g/mol. The standard InChI is InChI=1S/C12H10Br2N2O2S/c13-9-5-7(1-3-10(9)16-12(17)18)15-6-8-2-4-11(14)19-8/h1-5,15-16H,6H2,(H,17,18). The largest absolute Gasteiger partial charge is 0.465 e. The first-order valence-electron chi connectivity index (χ1n) is 5.32. The van der Waals surface area contributed by atoms with E-state index in [0.29, 0.717) is 10.2 Å². The van der Waals surface area contributed by atoms with Crippen molar-refractivity contribution >= 4 is 60.7 Å². The summed E-state index contributed by atoms with van der Waals surface area (Å²) in [6.07, 6.45) is -1.08. The minimum atomic E-state index is -1.08. The summed E-state index contributed by atoms with van der Waals surface area (Å²) in [6, 6.07) is 9.45. The van der Waals surface area contributed by atoms with Crippen molar-refractivity contribution in [3.63, 3.8) is 0 Å². The molecule has 1 amide bonds. The van der Waals surface area contributed by atoms with Gasteiger partial charge in [0.2, 0.25) is 0 Å². The fraction of sp³-hybridized carbons (Fsp3) is 0.0833. The second-order valence-corrected chi connectivity index (χ2v) is 7.09. The Morgan fingerprint density at radius 3 is 2.63 bits per heavy atom. The molecule has 1 aromatic heterocycles. The van der Waals surface area contributed by atoms with Crippen LogP contribution >= 0.6 is 43.2 Å². The molecule has 0 aliphatic rings. The summed E-state index contributed by atoms with van der Waals surface area (Å²) < 4.78 is 1.80. The van der Waals surface area contributed by atoms with Crippen LogP contribution in [-0.2, 0) is 6.54 Å². The summed E-state index contributed by atoms with van der Waals surface area (Å²) in [6.45, 7) is 0.731. The number of thiophene rings is 1.